The van der Waals surface area contributed by atoms with Gasteiger partial charge in [-0.25, -0.2) is 0 Å². The molecule has 0 radical (unpaired) electrons. The lowest BCUT2D eigenvalue weighted by molar-refractivity contribution is -0.136. The molecular formula is C14H18N4O3. The number of piperazine rings is 1. The van der Waals surface area contributed by atoms with Gasteiger partial charge in [0.25, 0.3) is 0 Å². The van der Waals surface area contributed by atoms with Crippen LogP contribution in [0.4, 0.5) is 11.4 Å². The Balaban J connectivity index is 1.70. The molecule has 1 aliphatic rings. The molecule has 7 heteroatoms. The van der Waals surface area contributed by atoms with Crippen molar-refractivity contribution in [2.75, 3.05) is 30.7 Å². The molecule has 0 saturated carbocycles. The van der Waals surface area contributed by atoms with Gasteiger partial charge in [0.05, 0.1) is 13.1 Å². The van der Waals surface area contributed by atoms with Crippen molar-refractivity contribution in [1.82, 2.24) is 10.2 Å². The molecule has 2 rings (SSSR count). The van der Waals surface area contributed by atoms with Gasteiger partial charge >= 0.3 is 0 Å². The first-order valence-corrected chi connectivity index (χ1v) is 6.73. The Labute approximate surface area is 122 Å². The molecule has 0 unspecified atom stereocenters. The summed E-state index contributed by atoms with van der Waals surface area (Å²) in [6.07, 6.45) is 0.915. The molecule has 21 heavy (non-hydrogen) atoms. The fourth-order valence-electron chi connectivity index (χ4n) is 2.11. The van der Waals surface area contributed by atoms with Crippen molar-refractivity contribution in [3.8, 4) is 0 Å². The number of carbonyl (C=O) groups excluding carboxylic acids is 3. The largest absolute Gasteiger partial charge is 0.399 e. The Bertz CT molecular complexity index is 526. The minimum absolute atomic E-state index is 0.104. The summed E-state index contributed by atoms with van der Waals surface area (Å²) < 4.78 is 0. The van der Waals surface area contributed by atoms with Crippen molar-refractivity contribution in [3.05, 3.63) is 24.3 Å². The summed E-state index contributed by atoms with van der Waals surface area (Å²) in [5, 5.41) is 5.00. The normalized spacial score (nSPS) is 15.6. The number of nitrogens with one attached hydrogen (secondary N) is 2. The molecule has 3 amide bonds. The van der Waals surface area contributed by atoms with E-state index in [1.165, 1.54) is 0 Å². The number of hydrogen-bond acceptors (Lipinski definition) is 5. The Hall–Kier alpha value is -2.41. The molecule has 7 nitrogen and oxygen atoms in total. The van der Waals surface area contributed by atoms with E-state index in [2.05, 4.69) is 10.6 Å². The molecule has 1 aromatic rings. The van der Waals surface area contributed by atoms with Crippen LogP contribution < -0.4 is 16.4 Å². The third-order valence-electron chi connectivity index (χ3n) is 3.09. The number of nitrogens with zero attached hydrogens (tertiary/aromatic N) is 1. The van der Waals surface area contributed by atoms with E-state index < -0.39 is 0 Å². The van der Waals surface area contributed by atoms with Crippen molar-refractivity contribution in [2.24, 2.45) is 0 Å². The van der Waals surface area contributed by atoms with E-state index in [0.29, 0.717) is 30.8 Å². The van der Waals surface area contributed by atoms with Gasteiger partial charge in [-0.1, -0.05) is 0 Å². The molecule has 1 saturated heterocycles. The highest BCUT2D eigenvalue weighted by atomic mass is 16.2. The molecule has 1 aliphatic heterocycles. The molecule has 1 aromatic carbocycles. The summed E-state index contributed by atoms with van der Waals surface area (Å²) in [5.41, 5.74) is 6.90. The molecule has 0 aliphatic carbocycles. The van der Waals surface area contributed by atoms with E-state index >= 15 is 0 Å². The number of nitrogens with two attached hydrogens (primary N) is 1. The highest BCUT2D eigenvalue weighted by molar-refractivity contribution is 5.99. The molecule has 1 fully saturated rings. The Morgan fingerprint density at radius 3 is 2.43 bits per heavy atom. The molecule has 0 aromatic heterocycles. The lowest BCUT2D eigenvalue weighted by atomic mass is 10.2. The lowest BCUT2D eigenvalue weighted by Gasteiger charge is -2.24. The summed E-state index contributed by atoms with van der Waals surface area (Å²) >= 11 is 0. The van der Waals surface area contributed by atoms with Gasteiger partial charge in [-0.15, -0.1) is 0 Å². The number of hydrogen-bond donors (Lipinski definition) is 3. The van der Waals surface area contributed by atoms with Gasteiger partial charge in [0.2, 0.25) is 17.7 Å². The van der Waals surface area contributed by atoms with Crippen molar-refractivity contribution >= 4 is 29.1 Å². The van der Waals surface area contributed by atoms with Crippen molar-refractivity contribution in [2.45, 2.75) is 12.8 Å². The Morgan fingerprint density at radius 2 is 1.81 bits per heavy atom. The zero-order valence-electron chi connectivity index (χ0n) is 11.6. The van der Waals surface area contributed by atoms with Crippen molar-refractivity contribution in [1.29, 1.82) is 0 Å². The van der Waals surface area contributed by atoms with E-state index in [-0.39, 0.29) is 30.8 Å². The van der Waals surface area contributed by atoms with Gasteiger partial charge in [0, 0.05) is 17.8 Å². The maximum absolute atomic E-state index is 11.8. The molecule has 112 valence electrons. The number of anilines is 2. The van der Waals surface area contributed by atoms with Crippen LogP contribution in [0.2, 0.25) is 0 Å². The van der Waals surface area contributed by atoms with Gasteiger partial charge in [0.1, 0.15) is 0 Å². The fourth-order valence-corrected chi connectivity index (χ4v) is 2.11. The second-order valence-electron chi connectivity index (χ2n) is 4.96. The minimum Gasteiger partial charge on any atom is -0.399 e. The number of imide groups is 1. The third kappa shape index (κ3) is 4.88. The summed E-state index contributed by atoms with van der Waals surface area (Å²) in [7, 11) is 0. The van der Waals surface area contributed by atoms with Crippen molar-refractivity contribution < 1.29 is 14.4 Å². The number of benzene rings is 1. The quantitative estimate of drug-likeness (QED) is 0.521. The highest BCUT2D eigenvalue weighted by Gasteiger charge is 2.21. The van der Waals surface area contributed by atoms with Gasteiger partial charge in [-0.2, -0.15) is 0 Å². The van der Waals surface area contributed by atoms with Gasteiger partial charge in [-0.05, 0) is 37.2 Å². The first-order valence-electron chi connectivity index (χ1n) is 6.73. The first kappa shape index (κ1) is 15.0. The number of nitrogen functional groups attached to an aromatic ring is 1. The Morgan fingerprint density at radius 1 is 1.19 bits per heavy atom. The van der Waals surface area contributed by atoms with Crippen LogP contribution in [0.3, 0.4) is 0 Å². The van der Waals surface area contributed by atoms with E-state index in [1.54, 1.807) is 29.2 Å². The van der Waals surface area contributed by atoms with E-state index in [4.69, 9.17) is 5.73 Å². The summed E-state index contributed by atoms with van der Waals surface area (Å²) in [5.74, 6) is -0.692. The highest BCUT2D eigenvalue weighted by Crippen LogP contribution is 2.11. The van der Waals surface area contributed by atoms with Crippen LogP contribution in [0.15, 0.2) is 24.3 Å². The minimum atomic E-state index is -0.294. The van der Waals surface area contributed by atoms with Crippen LogP contribution in [-0.2, 0) is 14.4 Å². The predicted octanol–water partition coefficient (Wildman–Crippen LogP) is -0.0541. The maximum atomic E-state index is 11.8. The summed E-state index contributed by atoms with van der Waals surface area (Å²) in [6.45, 7) is 0.935. The second-order valence-corrected chi connectivity index (χ2v) is 4.96. The predicted molar refractivity (Wildman–Crippen MR) is 78.3 cm³/mol. The summed E-state index contributed by atoms with van der Waals surface area (Å²) in [4.78, 5) is 35.9. The second kappa shape index (κ2) is 6.85. The van der Waals surface area contributed by atoms with Crippen LogP contribution in [0.5, 0.6) is 0 Å². The Kier molecular flexibility index (Phi) is 4.89. The van der Waals surface area contributed by atoms with Crippen LogP contribution in [-0.4, -0.2) is 42.3 Å². The van der Waals surface area contributed by atoms with Gasteiger partial charge in [0.15, 0.2) is 0 Å². The van der Waals surface area contributed by atoms with Crippen LogP contribution in [0.1, 0.15) is 12.8 Å². The van der Waals surface area contributed by atoms with Crippen LogP contribution >= 0.6 is 0 Å². The van der Waals surface area contributed by atoms with Gasteiger partial charge in [-0.3, -0.25) is 24.6 Å². The van der Waals surface area contributed by atoms with E-state index in [1.807, 2.05) is 0 Å². The SMILES string of the molecule is Nc1ccc(NC(=O)CCCN2CC(=O)NC(=O)C2)cc1. The average molecular weight is 290 g/mol. The molecular weight excluding hydrogens is 272 g/mol. The van der Waals surface area contributed by atoms with Crippen molar-refractivity contribution in [3.63, 3.8) is 0 Å². The molecule has 1 heterocycles. The van der Waals surface area contributed by atoms with Gasteiger partial charge < -0.3 is 11.1 Å². The van der Waals surface area contributed by atoms with Crippen LogP contribution in [0, 0.1) is 0 Å². The third-order valence-corrected chi connectivity index (χ3v) is 3.09. The standard InChI is InChI=1S/C14H18N4O3/c15-10-3-5-11(6-4-10)16-12(19)2-1-7-18-8-13(20)17-14(21)9-18/h3-6H,1-2,7-9,15H2,(H,16,19)(H,17,20,21). The number of rotatable bonds is 5. The van der Waals surface area contributed by atoms with E-state index in [0.717, 1.165) is 0 Å². The first-order chi connectivity index (χ1) is 10.0. The number of amides is 3. The molecule has 0 spiro atoms. The summed E-state index contributed by atoms with van der Waals surface area (Å²) in [6, 6.07) is 6.91. The smallest absolute Gasteiger partial charge is 0.240 e. The molecule has 0 atom stereocenters. The molecule has 0 bridgehead atoms. The zero-order valence-corrected chi connectivity index (χ0v) is 11.6. The zero-order chi connectivity index (χ0) is 15.2. The molecule has 4 N–H and O–H groups in total. The van der Waals surface area contributed by atoms with E-state index in [9.17, 15) is 14.4 Å². The average Bonchev–Trinajstić information content (AvgIpc) is 2.40. The fraction of sp³-hybridized carbons (Fsp3) is 0.357. The monoisotopic (exact) mass is 290 g/mol. The maximum Gasteiger partial charge on any atom is 0.240 e. The topological polar surface area (TPSA) is 105 Å². The van der Waals surface area contributed by atoms with Crippen LogP contribution in [0.25, 0.3) is 0 Å². The lowest BCUT2D eigenvalue weighted by Crippen LogP contribution is -2.51. The number of carbonyl (C=O) groups is 3.